The fourth-order valence-electron chi connectivity index (χ4n) is 1.53. The molecule has 2 rings (SSSR count). The maximum atomic E-state index is 5.85. The zero-order valence-corrected chi connectivity index (χ0v) is 10.3. The summed E-state index contributed by atoms with van der Waals surface area (Å²) in [5, 5.41) is 0. The highest BCUT2D eigenvalue weighted by Crippen LogP contribution is 2.32. The molecule has 0 aliphatic carbocycles. The lowest BCUT2D eigenvalue weighted by Gasteiger charge is -2.02. The van der Waals surface area contributed by atoms with E-state index in [1.807, 2.05) is 25.1 Å². The topological polar surface area (TPSA) is 35.2 Å². The van der Waals surface area contributed by atoms with Gasteiger partial charge in [0.1, 0.15) is 5.75 Å². The van der Waals surface area contributed by atoms with E-state index in [-0.39, 0.29) is 6.04 Å². The second kappa shape index (κ2) is 4.68. The third kappa shape index (κ3) is 2.26. The van der Waals surface area contributed by atoms with Crippen LogP contribution in [0, 0.1) is 0 Å². The molecule has 1 aromatic carbocycles. The van der Waals surface area contributed by atoms with E-state index in [4.69, 9.17) is 10.5 Å². The minimum Gasteiger partial charge on any atom is -0.497 e. The van der Waals surface area contributed by atoms with E-state index in [1.165, 1.54) is 15.3 Å². The lowest BCUT2D eigenvalue weighted by molar-refractivity contribution is 0.415. The molecule has 2 N–H and O–H groups in total. The van der Waals surface area contributed by atoms with Gasteiger partial charge in [-0.3, -0.25) is 0 Å². The molecule has 0 radical (unpaired) electrons. The van der Waals surface area contributed by atoms with Crippen molar-refractivity contribution in [3.8, 4) is 16.2 Å². The molecule has 0 saturated heterocycles. The van der Waals surface area contributed by atoms with Crippen LogP contribution in [0.1, 0.15) is 17.8 Å². The summed E-state index contributed by atoms with van der Waals surface area (Å²) in [7, 11) is 1.68. The Morgan fingerprint density at radius 2 is 2.06 bits per heavy atom. The molecule has 0 aliphatic rings. The summed E-state index contributed by atoms with van der Waals surface area (Å²) in [4.78, 5) is 2.43. The van der Waals surface area contributed by atoms with Gasteiger partial charge in [-0.25, -0.2) is 0 Å². The Balaban J connectivity index is 2.34. The third-order valence-electron chi connectivity index (χ3n) is 2.43. The predicted octanol–water partition coefficient (Wildman–Crippen LogP) is 3.44. The molecule has 1 aromatic heterocycles. The Labute approximate surface area is 99.7 Å². The minimum absolute atomic E-state index is 0.101. The zero-order valence-electron chi connectivity index (χ0n) is 9.44. The smallest absolute Gasteiger partial charge is 0.119 e. The van der Waals surface area contributed by atoms with Gasteiger partial charge < -0.3 is 10.5 Å². The molecule has 0 saturated carbocycles. The molecule has 1 unspecified atom stereocenters. The molecule has 0 bridgehead atoms. The van der Waals surface area contributed by atoms with Crippen molar-refractivity contribution in [2.45, 2.75) is 13.0 Å². The normalized spacial score (nSPS) is 12.4. The first-order chi connectivity index (χ1) is 7.70. The van der Waals surface area contributed by atoms with Crippen molar-refractivity contribution in [1.82, 2.24) is 0 Å². The quantitative estimate of drug-likeness (QED) is 0.881. The van der Waals surface area contributed by atoms with E-state index >= 15 is 0 Å². The monoisotopic (exact) mass is 233 g/mol. The lowest BCUT2D eigenvalue weighted by atomic mass is 10.2. The second-order valence-electron chi connectivity index (χ2n) is 3.72. The van der Waals surface area contributed by atoms with Crippen molar-refractivity contribution in [3.05, 3.63) is 41.3 Å². The summed E-state index contributed by atoms with van der Waals surface area (Å²) in [6.07, 6.45) is 0. The van der Waals surface area contributed by atoms with Gasteiger partial charge >= 0.3 is 0 Å². The first-order valence-corrected chi connectivity index (χ1v) is 6.02. The summed E-state index contributed by atoms with van der Waals surface area (Å²) in [6, 6.07) is 12.4. The molecule has 1 heterocycles. The number of hydrogen-bond acceptors (Lipinski definition) is 3. The van der Waals surface area contributed by atoms with Crippen molar-refractivity contribution in [1.29, 1.82) is 0 Å². The average molecular weight is 233 g/mol. The van der Waals surface area contributed by atoms with E-state index in [2.05, 4.69) is 18.2 Å². The van der Waals surface area contributed by atoms with E-state index in [0.29, 0.717) is 0 Å². The van der Waals surface area contributed by atoms with Gasteiger partial charge in [-0.05, 0) is 36.8 Å². The summed E-state index contributed by atoms with van der Waals surface area (Å²) >= 11 is 1.73. The van der Waals surface area contributed by atoms with Crippen molar-refractivity contribution >= 4 is 11.3 Å². The second-order valence-corrected chi connectivity index (χ2v) is 4.84. The maximum absolute atomic E-state index is 5.85. The molecule has 1 atom stereocenters. The Morgan fingerprint density at radius 3 is 2.69 bits per heavy atom. The van der Waals surface area contributed by atoms with Crippen LogP contribution in [-0.4, -0.2) is 7.11 Å². The Kier molecular flexibility index (Phi) is 3.27. The molecule has 0 amide bonds. The van der Waals surface area contributed by atoms with Crippen LogP contribution in [0.25, 0.3) is 10.4 Å². The predicted molar refractivity (Wildman–Crippen MR) is 68.9 cm³/mol. The third-order valence-corrected chi connectivity index (χ3v) is 3.77. The molecule has 0 aliphatic heterocycles. The van der Waals surface area contributed by atoms with E-state index in [9.17, 15) is 0 Å². The van der Waals surface area contributed by atoms with Crippen molar-refractivity contribution in [2.75, 3.05) is 7.11 Å². The fraction of sp³-hybridized carbons (Fsp3) is 0.231. The first kappa shape index (κ1) is 11.2. The van der Waals surface area contributed by atoms with Crippen LogP contribution in [-0.2, 0) is 0 Å². The van der Waals surface area contributed by atoms with Crippen molar-refractivity contribution in [3.63, 3.8) is 0 Å². The first-order valence-electron chi connectivity index (χ1n) is 5.20. The molecular weight excluding hydrogens is 218 g/mol. The summed E-state index contributed by atoms with van der Waals surface area (Å²) in [5.41, 5.74) is 7.02. The zero-order chi connectivity index (χ0) is 11.5. The van der Waals surface area contributed by atoms with Crippen LogP contribution in [0.3, 0.4) is 0 Å². The van der Waals surface area contributed by atoms with Gasteiger partial charge in [0, 0.05) is 15.8 Å². The largest absolute Gasteiger partial charge is 0.497 e. The average Bonchev–Trinajstić information content (AvgIpc) is 2.78. The van der Waals surface area contributed by atoms with Gasteiger partial charge in [-0.1, -0.05) is 12.1 Å². The minimum atomic E-state index is 0.101. The van der Waals surface area contributed by atoms with E-state index in [0.717, 1.165) is 5.75 Å². The Morgan fingerprint density at radius 1 is 1.25 bits per heavy atom. The highest BCUT2D eigenvalue weighted by molar-refractivity contribution is 7.15. The summed E-state index contributed by atoms with van der Waals surface area (Å²) in [5.74, 6) is 0.883. The maximum Gasteiger partial charge on any atom is 0.119 e. The standard InChI is InChI=1S/C13H15NOS/c1-9(14)12-6-7-13(16-12)10-4-3-5-11(8-10)15-2/h3-9H,14H2,1-2H3. The van der Waals surface area contributed by atoms with Crippen LogP contribution in [0.5, 0.6) is 5.75 Å². The number of ether oxygens (including phenoxy) is 1. The number of thiophene rings is 1. The van der Waals surface area contributed by atoms with Crippen LogP contribution in [0.4, 0.5) is 0 Å². The van der Waals surface area contributed by atoms with E-state index < -0.39 is 0 Å². The van der Waals surface area contributed by atoms with Crippen molar-refractivity contribution in [2.24, 2.45) is 5.73 Å². The van der Waals surface area contributed by atoms with Crippen LogP contribution in [0.15, 0.2) is 36.4 Å². The van der Waals surface area contributed by atoms with Crippen LogP contribution in [0.2, 0.25) is 0 Å². The fourth-order valence-corrected chi connectivity index (χ4v) is 2.49. The number of methoxy groups -OCH3 is 1. The van der Waals surface area contributed by atoms with E-state index in [1.54, 1.807) is 18.4 Å². The molecular formula is C13H15NOS. The van der Waals surface area contributed by atoms with Crippen molar-refractivity contribution < 1.29 is 4.74 Å². The van der Waals surface area contributed by atoms with Crippen LogP contribution >= 0.6 is 11.3 Å². The molecule has 2 nitrogen and oxygen atoms in total. The molecule has 0 fully saturated rings. The molecule has 3 heteroatoms. The van der Waals surface area contributed by atoms with Gasteiger partial charge in [-0.2, -0.15) is 0 Å². The summed E-state index contributed by atoms with van der Waals surface area (Å²) < 4.78 is 5.21. The molecule has 2 aromatic rings. The Hall–Kier alpha value is -1.32. The molecule has 84 valence electrons. The number of rotatable bonds is 3. The molecule has 0 spiro atoms. The lowest BCUT2D eigenvalue weighted by Crippen LogP contribution is -2.01. The highest BCUT2D eigenvalue weighted by Gasteiger charge is 2.06. The van der Waals surface area contributed by atoms with Gasteiger partial charge in [0.05, 0.1) is 7.11 Å². The SMILES string of the molecule is COc1cccc(-c2ccc(C(C)N)s2)c1. The van der Waals surface area contributed by atoms with Gasteiger partial charge in [0.2, 0.25) is 0 Å². The number of nitrogens with two attached hydrogens (primary N) is 1. The summed E-state index contributed by atoms with van der Waals surface area (Å²) in [6.45, 7) is 2.00. The van der Waals surface area contributed by atoms with Crippen LogP contribution < -0.4 is 10.5 Å². The Bertz CT molecular complexity index is 476. The highest BCUT2D eigenvalue weighted by atomic mass is 32.1. The van der Waals surface area contributed by atoms with Gasteiger partial charge in [0.25, 0.3) is 0 Å². The van der Waals surface area contributed by atoms with Gasteiger partial charge in [-0.15, -0.1) is 11.3 Å². The number of hydrogen-bond donors (Lipinski definition) is 1. The number of benzene rings is 1. The molecule has 16 heavy (non-hydrogen) atoms. The van der Waals surface area contributed by atoms with Gasteiger partial charge in [0.15, 0.2) is 0 Å².